The monoisotopic (exact) mass is 492 g/mol. The summed E-state index contributed by atoms with van der Waals surface area (Å²) < 4.78 is 12.0. The molecule has 6 nitrogen and oxygen atoms in total. The number of hydrogen-bond donors (Lipinski definition) is 0. The Balaban J connectivity index is 1.26. The molecule has 5 aliphatic rings. The van der Waals surface area contributed by atoms with Crippen LogP contribution >= 0.6 is 11.3 Å². The van der Waals surface area contributed by atoms with Gasteiger partial charge in [0.25, 0.3) is 0 Å². The van der Waals surface area contributed by atoms with Gasteiger partial charge in [0.1, 0.15) is 0 Å². The van der Waals surface area contributed by atoms with Crippen molar-refractivity contribution in [1.29, 1.82) is 0 Å². The topological polar surface area (TPSA) is 38.7 Å². The summed E-state index contributed by atoms with van der Waals surface area (Å²) in [5.74, 6) is 9.87. The molecule has 0 bridgehead atoms. The van der Waals surface area contributed by atoms with Gasteiger partial charge in [-0.05, 0) is 55.2 Å². The van der Waals surface area contributed by atoms with E-state index in [9.17, 15) is 0 Å². The van der Waals surface area contributed by atoms with Crippen molar-refractivity contribution in [3.05, 3.63) is 128 Å². The standard InChI is InChI=1S/C26H20B4N6S/c1-2-10-23-22(9-1)25-24(37-23)20-31-26(32-25)21-11-18-36-29-14-4-7-16-34(29)27-12-3-6-15-33(27)28-13-5-8-17-35(28)30(36)19-21/h1-20H. The van der Waals surface area contributed by atoms with Crippen LogP contribution in [0.15, 0.2) is 122 Å². The third kappa shape index (κ3) is 3.23. The second kappa shape index (κ2) is 8.21. The van der Waals surface area contributed by atoms with Gasteiger partial charge >= 0.3 is 27.9 Å². The van der Waals surface area contributed by atoms with E-state index in [-0.39, 0.29) is 27.9 Å². The van der Waals surface area contributed by atoms with Crippen LogP contribution in [-0.4, -0.2) is 56.8 Å². The van der Waals surface area contributed by atoms with Crippen molar-refractivity contribution >= 4 is 65.1 Å². The molecule has 5 aliphatic heterocycles. The number of thiophene rings is 1. The van der Waals surface area contributed by atoms with E-state index < -0.39 is 0 Å². The Bertz CT molecular complexity index is 1640. The first-order chi connectivity index (χ1) is 18.3. The highest BCUT2D eigenvalue weighted by atomic mass is 32.1. The van der Waals surface area contributed by atoms with Crippen LogP contribution in [-0.2, 0) is 0 Å². The third-order valence-corrected chi connectivity index (χ3v) is 8.63. The van der Waals surface area contributed by atoms with Gasteiger partial charge in [0.15, 0.2) is 5.82 Å². The van der Waals surface area contributed by atoms with E-state index in [0.29, 0.717) is 0 Å². The van der Waals surface area contributed by atoms with E-state index in [2.05, 4.69) is 134 Å². The van der Waals surface area contributed by atoms with Crippen molar-refractivity contribution in [3.63, 3.8) is 0 Å². The number of fused-ring (bicyclic) bond motifs is 11. The summed E-state index contributed by atoms with van der Waals surface area (Å²) in [5, 5.41) is 1.19. The molecule has 1 fully saturated rings. The molecular formula is C26H20B4N6S. The lowest BCUT2D eigenvalue weighted by Gasteiger charge is -2.53. The predicted octanol–water partition coefficient (Wildman–Crippen LogP) is 4.34. The van der Waals surface area contributed by atoms with Crippen LogP contribution in [0.2, 0.25) is 0 Å². The Morgan fingerprint density at radius 2 is 1.27 bits per heavy atom. The molecule has 7 heterocycles. The summed E-state index contributed by atoms with van der Waals surface area (Å²) in [5.41, 5.74) is 2.06. The van der Waals surface area contributed by atoms with Gasteiger partial charge in [0.2, 0.25) is 0 Å². The number of allylic oxidation sites excluding steroid dienone is 8. The van der Waals surface area contributed by atoms with Crippen LogP contribution in [0.25, 0.3) is 25.9 Å². The maximum Gasteiger partial charge on any atom is 0.381 e. The summed E-state index contributed by atoms with van der Waals surface area (Å²) in [4.78, 5) is 9.86. The second-order valence-electron chi connectivity index (χ2n) is 9.57. The van der Waals surface area contributed by atoms with Crippen LogP contribution < -0.4 is 0 Å². The molecule has 0 N–H and O–H groups in total. The molecule has 1 aromatic carbocycles. The van der Waals surface area contributed by atoms with Gasteiger partial charge in [-0.15, -0.1) is 11.3 Å². The highest BCUT2D eigenvalue weighted by Gasteiger charge is 2.49. The zero-order chi connectivity index (χ0) is 24.3. The summed E-state index contributed by atoms with van der Waals surface area (Å²) in [6.07, 6.45) is 25.7. The van der Waals surface area contributed by atoms with E-state index in [0.717, 1.165) is 21.6 Å². The molecule has 0 radical (unpaired) electrons. The first-order valence-corrected chi connectivity index (χ1v) is 13.4. The SMILES string of the molecule is C1=CB2N(C=C1)B1C=CC=CN1B1C=C(c3ncc4sc5ccccc5c4n3)C=CN1B1C=CC=CN21. The second-order valence-corrected chi connectivity index (χ2v) is 10.6. The first-order valence-electron chi connectivity index (χ1n) is 12.5. The maximum absolute atomic E-state index is 5.06. The largest absolute Gasteiger partial charge is 0.423 e. The molecule has 0 aliphatic carbocycles. The van der Waals surface area contributed by atoms with Gasteiger partial charge in [0.05, 0.1) is 10.2 Å². The molecule has 37 heavy (non-hydrogen) atoms. The predicted molar refractivity (Wildman–Crippen MR) is 157 cm³/mol. The molecular weight excluding hydrogens is 472 g/mol. The van der Waals surface area contributed by atoms with Crippen molar-refractivity contribution in [3.8, 4) is 0 Å². The van der Waals surface area contributed by atoms with Crippen molar-refractivity contribution in [1.82, 2.24) is 28.9 Å². The Morgan fingerprint density at radius 3 is 1.97 bits per heavy atom. The summed E-state index contributed by atoms with van der Waals surface area (Å²) in [7, 11) is 0. The Kier molecular flexibility index (Phi) is 4.67. The molecule has 0 atom stereocenters. The summed E-state index contributed by atoms with van der Waals surface area (Å²) in [6.45, 7) is 0.222. The average molecular weight is 492 g/mol. The van der Waals surface area contributed by atoms with Gasteiger partial charge in [-0.3, -0.25) is 0 Å². The zero-order valence-corrected chi connectivity index (χ0v) is 20.8. The quantitative estimate of drug-likeness (QED) is 0.472. The molecule has 172 valence electrons. The Hall–Kier alpha value is -4.10. The van der Waals surface area contributed by atoms with Gasteiger partial charge in [0, 0.05) is 21.9 Å². The lowest BCUT2D eigenvalue weighted by molar-refractivity contribution is 0.622. The summed E-state index contributed by atoms with van der Waals surface area (Å²) in [6, 6.07) is 8.46. The fourth-order valence-electron chi connectivity index (χ4n) is 5.83. The molecule has 1 saturated heterocycles. The van der Waals surface area contributed by atoms with Crippen LogP contribution in [0.4, 0.5) is 0 Å². The number of aromatic nitrogens is 2. The molecule has 0 amide bonds. The van der Waals surface area contributed by atoms with Crippen molar-refractivity contribution in [2.75, 3.05) is 0 Å². The zero-order valence-electron chi connectivity index (χ0n) is 19.9. The van der Waals surface area contributed by atoms with Crippen molar-refractivity contribution in [2.24, 2.45) is 0 Å². The van der Waals surface area contributed by atoms with E-state index >= 15 is 0 Å². The summed E-state index contributed by atoms with van der Waals surface area (Å²) >= 11 is 1.75. The lowest BCUT2D eigenvalue weighted by Crippen LogP contribution is -2.73. The lowest BCUT2D eigenvalue weighted by atomic mass is 9.41. The molecule has 3 aromatic rings. The maximum atomic E-state index is 5.06. The number of nitrogens with zero attached hydrogens (tertiary/aromatic N) is 6. The minimum atomic E-state index is -0.0198. The molecule has 0 spiro atoms. The normalized spacial score (nSPS) is 19.4. The van der Waals surface area contributed by atoms with Gasteiger partial charge < -0.3 is 18.9 Å². The van der Waals surface area contributed by atoms with Crippen LogP contribution in [0.1, 0.15) is 5.82 Å². The molecule has 0 saturated carbocycles. The van der Waals surface area contributed by atoms with Crippen LogP contribution in [0.3, 0.4) is 0 Å². The molecule has 2 aromatic heterocycles. The molecule has 0 unspecified atom stereocenters. The highest BCUT2D eigenvalue weighted by Crippen LogP contribution is 2.34. The minimum Gasteiger partial charge on any atom is -0.423 e. The van der Waals surface area contributed by atoms with Crippen molar-refractivity contribution in [2.45, 2.75) is 0 Å². The average Bonchev–Trinajstić information content (AvgIpc) is 3.34. The minimum absolute atomic E-state index is 0.0198. The Morgan fingerprint density at radius 1 is 0.649 bits per heavy atom. The van der Waals surface area contributed by atoms with E-state index in [1.54, 1.807) is 11.3 Å². The highest BCUT2D eigenvalue weighted by molar-refractivity contribution is 7.25. The smallest absolute Gasteiger partial charge is 0.381 e. The molecule has 11 heteroatoms. The Labute approximate surface area is 221 Å². The van der Waals surface area contributed by atoms with Gasteiger partial charge in [-0.2, -0.15) is 0 Å². The van der Waals surface area contributed by atoms with Crippen molar-refractivity contribution < 1.29 is 0 Å². The van der Waals surface area contributed by atoms with Crippen LogP contribution in [0.5, 0.6) is 0 Å². The van der Waals surface area contributed by atoms with E-state index in [4.69, 9.17) is 9.97 Å². The van der Waals surface area contributed by atoms with E-state index in [1.807, 2.05) is 6.20 Å². The first kappa shape index (κ1) is 21.0. The van der Waals surface area contributed by atoms with Gasteiger partial charge in [-0.1, -0.05) is 60.3 Å². The number of benzene rings is 1. The fraction of sp³-hybridized carbons (Fsp3) is 0. The van der Waals surface area contributed by atoms with Crippen LogP contribution in [0, 0.1) is 0 Å². The number of rotatable bonds is 1. The van der Waals surface area contributed by atoms with E-state index in [1.165, 1.54) is 10.1 Å². The van der Waals surface area contributed by atoms with Gasteiger partial charge in [-0.25, -0.2) is 9.97 Å². The molecule has 8 rings (SSSR count). The fourth-order valence-corrected chi connectivity index (χ4v) is 6.85. The third-order valence-electron chi connectivity index (χ3n) is 7.53. The number of hydrogen-bond acceptors (Lipinski definition) is 7.